The summed E-state index contributed by atoms with van der Waals surface area (Å²) in [6.45, 7) is 2.95. The number of urea groups is 1. The fourth-order valence-electron chi connectivity index (χ4n) is 4.68. The number of anilines is 1. The fourth-order valence-corrected chi connectivity index (χ4v) is 4.68. The normalized spacial score (nSPS) is 19.8. The molecule has 0 heterocycles. The first kappa shape index (κ1) is 25.1. The summed E-state index contributed by atoms with van der Waals surface area (Å²) in [6.07, 6.45) is 5.54. The smallest absolute Gasteiger partial charge is 0.336 e. The van der Waals surface area contributed by atoms with Gasteiger partial charge in [-0.25, -0.2) is 14.0 Å². The first-order valence-electron chi connectivity index (χ1n) is 12.3. The van der Waals surface area contributed by atoms with Crippen LogP contribution in [0.3, 0.4) is 0 Å². The number of amides is 2. The molecule has 0 aromatic heterocycles. The molecule has 0 saturated heterocycles. The number of carboxylic acids is 1. The minimum atomic E-state index is -0.937. The molecule has 2 aliphatic carbocycles. The molecule has 2 atom stereocenters. The van der Waals surface area contributed by atoms with E-state index in [2.05, 4.69) is 5.32 Å². The van der Waals surface area contributed by atoms with E-state index >= 15 is 0 Å². The van der Waals surface area contributed by atoms with Crippen LogP contribution in [0, 0.1) is 12.7 Å². The van der Waals surface area contributed by atoms with Gasteiger partial charge in [0.25, 0.3) is 0 Å². The lowest BCUT2D eigenvalue weighted by Gasteiger charge is -2.30. The Bertz CT molecular complexity index is 1040. The van der Waals surface area contributed by atoms with Gasteiger partial charge < -0.3 is 24.8 Å². The van der Waals surface area contributed by atoms with Gasteiger partial charge >= 0.3 is 12.0 Å². The maximum atomic E-state index is 13.4. The summed E-state index contributed by atoms with van der Waals surface area (Å²) in [4.78, 5) is 26.1. The molecule has 35 heavy (non-hydrogen) atoms. The molecule has 2 amide bonds. The molecule has 0 spiro atoms. The number of carbonyl (C=O) groups excluding carboxylic acids is 1. The van der Waals surface area contributed by atoms with Crippen molar-refractivity contribution in [3.63, 3.8) is 0 Å². The van der Waals surface area contributed by atoms with E-state index in [1.165, 1.54) is 12.1 Å². The summed E-state index contributed by atoms with van der Waals surface area (Å²) >= 11 is 0. The molecule has 2 saturated carbocycles. The van der Waals surface area contributed by atoms with E-state index in [9.17, 15) is 19.1 Å². The molecule has 188 valence electrons. The Labute approximate surface area is 205 Å². The SMILES string of the molecule is Cc1cccc(COC2CCC[C@H](OCCN(C(=O)Nc3cccc(F)c3)C3CC3)C2)c1C(=O)O. The number of nitrogens with zero attached hydrogens (tertiary/aromatic N) is 1. The zero-order valence-corrected chi connectivity index (χ0v) is 20.0. The van der Waals surface area contributed by atoms with E-state index in [-0.39, 0.29) is 36.7 Å². The monoisotopic (exact) mass is 484 g/mol. The Balaban J connectivity index is 1.24. The summed E-state index contributed by atoms with van der Waals surface area (Å²) in [5, 5.41) is 12.3. The summed E-state index contributed by atoms with van der Waals surface area (Å²) in [5.74, 6) is -1.33. The molecule has 0 radical (unpaired) electrons. The van der Waals surface area contributed by atoms with Gasteiger partial charge in [-0.15, -0.1) is 0 Å². The molecule has 2 N–H and O–H groups in total. The van der Waals surface area contributed by atoms with Crippen LogP contribution in [-0.2, 0) is 16.1 Å². The van der Waals surface area contributed by atoms with Gasteiger partial charge in [0.15, 0.2) is 0 Å². The van der Waals surface area contributed by atoms with Crippen LogP contribution in [-0.4, -0.2) is 53.4 Å². The largest absolute Gasteiger partial charge is 0.478 e. The molecular weight excluding hydrogens is 451 g/mol. The van der Waals surface area contributed by atoms with Crippen LogP contribution in [0.15, 0.2) is 42.5 Å². The molecular formula is C27H33FN2O5. The molecule has 0 aliphatic heterocycles. The second-order valence-electron chi connectivity index (χ2n) is 9.37. The van der Waals surface area contributed by atoms with Crippen LogP contribution in [0.2, 0.25) is 0 Å². The van der Waals surface area contributed by atoms with Crippen molar-refractivity contribution in [2.75, 3.05) is 18.5 Å². The van der Waals surface area contributed by atoms with Crippen LogP contribution < -0.4 is 5.32 Å². The maximum absolute atomic E-state index is 13.4. The fraction of sp³-hybridized carbons (Fsp3) is 0.481. The minimum absolute atomic E-state index is 0.00622. The van der Waals surface area contributed by atoms with Crippen molar-refractivity contribution in [3.05, 3.63) is 65.0 Å². The summed E-state index contributed by atoms with van der Waals surface area (Å²) in [6, 6.07) is 11.3. The number of hydrogen-bond acceptors (Lipinski definition) is 4. The second kappa shape index (κ2) is 11.6. The molecule has 7 nitrogen and oxygen atoms in total. The van der Waals surface area contributed by atoms with E-state index in [0.29, 0.717) is 30.0 Å². The highest BCUT2D eigenvalue weighted by Gasteiger charge is 2.33. The zero-order valence-electron chi connectivity index (χ0n) is 20.0. The number of rotatable bonds is 10. The summed E-state index contributed by atoms with van der Waals surface area (Å²) in [5.41, 5.74) is 2.16. The Hall–Kier alpha value is -2.97. The number of aromatic carboxylic acids is 1. The van der Waals surface area contributed by atoms with Crippen LogP contribution in [0.4, 0.5) is 14.9 Å². The number of carboxylic acid groups (broad SMARTS) is 1. The van der Waals surface area contributed by atoms with Crippen molar-refractivity contribution >= 4 is 17.7 Å². The van der Waals surface area contributed by atoms with E-state index in [1.54, 1.807) is 36.1 Å². The summed E-state index contributed by atoms with van der Waals surface area (Å²) in [7, 11) is 0. The van der Waals surface area contributed by atoms with Gasteiger partial charge in [-0.05, 0) is 74.8 Å². The lowest BCUT2D eigenvalue weighted by atomic mass is 9.94. The molecule has 4 rings (SSSR count). The van der Waals surface area contributed by atoms with Gasteiger partial charge in [0.1, 0.15) is 5.82 Å². The van der Waals surface area contributed by atoms with Crippen molar-refractivity contribution in [2.45, 2.75) is 70.3 Å². The first-order chi connectivity index (χ1) is 16.9. The first-order valence-corrected chi connectivity index (χ1v) is 12.3. The van der Waals surface area contributed by atoms with E-state index < -0.39 is 5.97 Å². The maximum Gasteiger partial charge on any atom is 0.336 e. The number of aryl methyl sites for hydroxylation is 1. The van der Waals surface area contributed by atoms with Gasteiger partial charge in [0, 0.05) is 18.3 Å². The molecule has 2 fully saturated rings. The Morgan fingerprint density at radius 3 is 2.54 bits per heavy atom. The van der Waals surface area contributed by atoms with Crippen molar-refractivity contribution < 1.29 is 28.6 Å². The van der Waals surface area contributed by atoms with Crippen LogP contribution in [0.5, 0.6) is 0 Å². The highest BCUT2D eigenvalue weighted by molar-refractivity contribution is 5.91. The van der Waals surface area contributed by atoms with Crippen molar-refractivity contribution in [1.82, 2.24) is 4.90 Å². The van der Waals surface area contributed by atoms with Gasteiger partial charge in [-0.1, -0.05) is 24.3 Å². The minimum Gasteiger partial charge on any atom is -0.478 e. The number of hydrogen-bond donors (Lipinski definition) is 2. The average molecular weight is 485 g/mol. The molecule has 8 heteroatoms. The third kappa shape index (κ3) is 7.02. The summed E-state index contributed by atoms with van der Waals surface area (Å²) < 4.78 is 25.6. The number of nitrogens with one attached hydrogen (secondary N) is 1. The van der Waals surface area contributed by atoms with Gasteiger partial charge in [0.2, 0.25) is 0 Å². The van der Waals surface area contributed by atoms with Crippen molar-refractivity contribution in [1.29, 1.82) is 0 Å². The number of benzene rings is 2. The Kier molecular flexibility index (Phi) is 8.36. The Morgan fingerprint density at radius 1 is 1.09 bits per heavy atom. The van der Waals surface area contributed by atoms with Crippen molar-refractivity contribution in [2.24, 2.45) is 0 Å². The van der Waals surface area contributed by atoms with Gasteiger partial charge in [-0.2, -0.15) is 0 Å². The highest BCUT2D eigenvalue weighted by atomic mass is 19.1. The van der Waals surface area contributed by atoms with Crippen LogP contribution in [0.25, 0.3) is 0 Å². The predicted molar refractivity (Wildman–Crippen MR) is 130 cm³/mol. The molecule has 2 aromatic carbocycles. The van der Waals surface area contributed by atoms with Gasteiger partial charge in [0.05, 0.1) is 31.0 Å². The van der Waals surface area contributed by atoms with Crippen LogP contribution in [0.1, 0.15) is 60.0 Å². The standard InChI is InChI=1S/C27H33FN2O5/c1-18-5-2-6-19(25(18)26(31)32)17-35-24-10-4-9-23(16-24)34-14-13-30(22-11-12-22)27(33)29-21-8-3-7-20(28)15-21/h2-3,5-8,15,22-24H,4,9-14,16-17H2,1H3,(H,29,33)(H,31,32)/t23-,24?/m0/s1. The lowest BCUT2D eigenvalue weighted by Crippen LogP contribution is -2.40. The predicted octanol–water partition coefficient (Wildman–Crippen LogP) is 5.37. The number of halogens is 1. The number of carbonyl (C=O) groups is 2. The average Bonchev–Trinajstić information content (AvgIpc) is 3.66. The molecule has 2 aromatic rings. The highest BCUT2D eigenvalue weighted by Crippen LogP contribution is 2.29. The molecule has 1 unspecified atom stereocenters. The van der Waals surface area contributed by atoms with E-state index in [4.69, 9.17) is 9.47 Å². The molecule has 2 aliphatic rings. The topological polar surface area (TPSA) is 88.1 Å². The quantitative estimate of drug-likeness (QED) is 0.473. The number of ether oxygens (including phenoxy) is 2. The lowest BCUT2D eigenvalue weighted by molar-refractivity contribution is -0.0524. The van der Waals surface area contributed by atoms with Crippen molar-refractivity contribution in [3.8, 4) is 0 Å². The molecule has 0 bridgehead atoms. The Morgan fingerprint density at radius 2 is 1.83 bits per heavy atom. The van der Waals surface area contributed by atoms with E-state index in [1.807, 2.05) is 6.07 Å². The third-order valence-corrected chi connectivity index (χ3v) is 6.64. The van der Waals surface area contributed by atoms with Gasteiger partial charge in [-0.3, -0.25) is 0 Å². The third-order valence-electron chi connectivity index (χ3n) is 6.64. The second-order valence-corrected chi connectivity index (χ2v) is 9.37. The van der Waals surface area contributed by atoms with E-state index in [0.717, 1.165) is 44.1 Å². The van der Waals surface area contributed by atoms with Crippen LogP contribution >= 0.6 is 0 Å². The zero-order chi connectivity index (χ0) is 24.8.